The molecule has 0 aliphatic carbocycles. The third kappa shape index (κ3) is 5.00. The van der Waals surface area contributed by atoms with Gasteiger partial charge in [0, 0.05) is 18.5 Å². The van der Waals surface area contributed by atoms with Gasteiger partial charge in [-0.3, -0.25) is 4.79 Å². The molecule has 94 valence electrons. The van der Waals surface area contributed by atoms with Crippen LogP contribution in [0.1, 0.15) is 30.6 Å². The third-order valence-electron chi connectivity index (χ3n) is 2.31. The summed E-state index contributed by atoms with van der Waals surface area (Å²) >= 11 is 0. The number of carbonyl (C=O) groups is 1. The van der Waals surface area contributed by atoms with Crippen LogP contribution in [-0.4, -0.2) is 37.4 Å². The number of rotatable bonds is 6. The predicted molar refractivity (Wildman–Crippen MR) is 69.7 cm³/mol. The van der Waals surface area contributed by atoms with Gasteiger partial charge in [0.2, 0.25) is 0 Å². The van der Waals surface area contributed by atoms with Crippen molar-refractivity contribution in [3.8, 4) is 5.75 Å². The van der Waals surface area contributed by atoms with E-state index in [-0.39, 0.29) is 11.9 Å². The Balaban J connectivity index is 2.67. The molecule has 1 rings (SSSR count). The Hall–Kier alpha value is -1.35. The van der Waals surface area contributed by atoms with E-state index in [9.17, 15) is 4.79 Å². The molecule has 0 radical (unpaired) electrons. The normalized spacial score (nSPS) is 10.9. The Labute approximate surface area is 103 Å². The molecule has 1 aromatic rings. The van der Waals surface area contributed by atoms with Gasteiger partial charge < -0.3 is 9.64 Å². The van der Waals surface area contributed by atoms with Crippen LogP contribution in [0.15, 0.2) is 24.3 Å². The maximum atomic E-state index is 11.9. The molecule has 0 aliphatic rings. The molecular weight excluding hydrogens is 214 g/mol. The highest BCUT2D eigenvalue weighted by atomic mass is 16.5. The largest absolute Gasteiger partial charge is 0.491 e. The fourth-order valence-electron chi connectivity index (χ4n) is 1.48. The number of carbonyl (C=O) groups excluding carboxylic acids is 1. The average Bonchev–Trinajstić information content (AvgIpc) is 2.25. The van der Waals surface area contributed by atoms with E-state index in [1.54, 1.807) is 0 Å². The lowest BCUT2D eigenvalue weighted by Crippen LogP contribution is -2.16. The minimum absolute atomic E-state index is 0.127. The van der Waals surface area contributed by atoms with Crippen LogP contribution in [0.3, 0.4) is 0 Å². The second kappa shape index (κ2) is 6.40. The lowest BCUT2D eigenvalue weighted by atomic mass is 10.1. The van der Waals surface area contributed by atoms with Crippen molar-refractivity contribution in [1.82, 2.24) is 4.90 Å². The van der Waals surface area contributed by atoms with E-state index in [1.165, 1.54) is 0 Å². The number of hydrogen-bond acceptors (Lipinski definition) is 3. The van der Waals surface area contributed by atoms with Gasteiger partial charge >= 0.3 is 0 Å². The molecule has 1 aromatic carbocycles. The van der Waals surface area contributed by atoms with Crippen LogP contribution >= 0.6 is 0 Å². The molecule has 0 spiro atoms. The molecule has 0 saturated heterocycles. The van der Waals surface area contributed by atoms with Crippen molar-refractivity contribution in [2.75, 3.05) is 20.6 Å². The van der Waals surface area contributed by atoms with Gasteiger partial charge in [-0.15, -0.1) is 0 Å². The van der Waals surface area contributed by atoms with E-state index >= 15 is 0 Å². The molecule has 3 nitrogen and oxygen atoms in total. The van der Waals surface area contributed by atoms with Gasteiger partial charge in [0.1, 0.15) is 5.75 Å². The first kappa shape index (κ1) is 13.7. The van der Waals surface area contributed by atoms with Crippen molar-refractivity contribution in [1.29, 1.82) is 0 Å². The minimum atomic E-state index is 0.127. The standard InChI is InChI=1S/C14H21NO2/c1-11(2)17-13-7-5-6-12(10-13)14(16)8-9-15(3)4/h5-7,10-11H,8-9H2,1-4H3. The molecule has 0 bridgehead atoms. The molecule has 3 heteroatoms. The molecule has 0 amide bonds. The monoisotopic (exact) mass is 235 g/mol. The summed E-state index contributed by atoms with van der Waals surface area (Å²) < 4.78 is 5.57. The Morgan fingerprint density at radius 2 is 2.06 bits per heavy atom. The van der Waals surface area contributed by atoms with Gasteiger partial charge in [0.15, 0.2) is 5.78 Å². The summed E-state index contributed by atoms with van der Waals surface area (Å²) in [5.74, 6) is 0.920. The summed E-state index contributed by atoms with van der Waals surface area (Å²) in [7, 11) is 3.93. The van der Waals surface area contributed by atoms with Crippen LogP contribution in [0.25, 0.3) is 0 Å². The van der Waals surface area contributed by atoms with E-state index in [1.807, 2.05) is 57.1 Å². The lowest BCUT2D eigenvalue weighted by molar-refractivity contribution is 0.0972. The Bertz CT molecular complexity index is 372. The molecule has 17 heavy (non-hydrogen) atoms. The number of Topliss-reactive ketones (excluding diaryl/α,β-unsaturated/α-hetero) is 1. The molecule has 0 aliphatic heterocycles. The number of hydrogen-bond donors (Lipinski definition) is 0. The lowest BCUT2D eigenvalue weighted by Gasteiger charge is -2.11. The number of nitrogens with zero attached hydrogens (tertiary/aromatic N) is 1. The zero-order valence-electron chi connectivity index (χ0n) is 11.1. The molecule has 0 saturated carbocycles. The summed E-state index contributed by atoms with van der Waals surface area (Å²) in [6.07, 6.45) is 0.667. The number of ether oxygens (including phenoxy) is 1. The van der Waals surface area contributed by atoms with Gasteiger partial charge in [0.25, 0.3) is 0 Å². The van der Waals surface area contributed by atoms with Crippen LogP contribution in [-0.2, 0) is 0 Å². The summed E-state index contributed by atoms with van der Waals surface area (Å²) in [5.41, 5.74) is 0.727. The second-order valence-corrected chi connectivity index (χ2v) is 4.67. The summed E-state index contributed by atoms with van der Waals surface area (Å²) in [6.45, 7) is 4.72. The van der Waals surface area contributed by atoms with Gasteiger partial charge in [-0.2, -0.15) is 0 Å². The topological polar surface area (TPSA) is 29.5 Å². The SMILES string of the molecule is CC(C)Oc1cccc(C(=O)CCN(C)C)c1. The van der Waals surface area contributed by atoms with Crippen LogP contribution in [0.5, 0.6) is 5.75 Å². The highest BCUT2D eigenvalue weighted by Crippen LogP contribution is 2.16. The molecule has 0 aromatic heterocycles. The van der Waals surface area contributed by atoms with E-state index in [4.69, 9.17) is 4.74 Å². The maximum Gasteiger partial charge on any atom is 0.164 e. The second-order valence-electron chi connectivity index (χ2n) is 4.67. The van der Waals surface area contributed by atoms with Gasteiger partial charge in [-0.25, -0.2) is 0 Å². The van der Waals surface area contributed by atoms with E-state index < -0.39 is 0 Å². The van der Waals surface area contributed by atoms with Crippen molar-refractivity contribution < 1.29 is 9.53 Å². The van der Waals surface area contributed by atoms with Crippen LogP contribution in [0, 0.1) is 0 Å². The Kier molecular flexibility index (Phi) is 5.16. The van der Waals surface area contributed by atoms with Crippen LogP contribution in [0.4, 0.5) is 0 Å². The van der Waals surface area contributed by atoms with Crippen molar-refractivity contribution >= 4 is 5.78 Å². The van der Waals surface area contributed by atoms with Crippen molar-refractivity contribution in [2.45, 2.75) is 26.4 Å². The first-order valence-electron chi connectivity index (χ1n) is 5.93. The first-order valence-corrected chi connectivity index (χ1v) is 5.93. The van der Waals surface area contributed by atoms with Crippen LogP contribution < -0.4 is 4.74 Å². The Morgan fingerprint density at radius 1 is 1.35 bits per heavy atom. The third-order valence-corrected chi connectivity index (χ3v) is 2.31. The fourth-order valence-corrected chi connectivity index (χ4v) is 1.48. The first-order chi connectivity index (χ1) is 7.99. The zero-order chi connectivity index (χ0) is 12.8. The molecular formula is C14H21NO2. The van der Waals surface area contributed by atoms with Crippen LogP contribution in [0.2, 0.25) is 0 Å². The van der Waals surface area contributed by atoms with Crippen molar-refractivity contribution in [3.05, 3.63) is 29.8 Å². The quantitative estimate of drug-likeness (QED) is 0.710. The van der Waals surface area contributed by atoms with Gasteiger partial charge in [-0.05, 0) is 40.1 Å². The fraction of sp³-hybridized carbons (Fsp3) is 0.500. The highest BCUT2D eigenvalue weighted by Gasteiger charge is 2.07. The zero-order valence-corrected chi connectivity index (χ0v) is 11.1. The summed E-state index contributed by atoms with van der Waals surface area (Å²) in [5, 5.41) is 0. The number of benzene rings is 1. The molecule has 0 unspecified atom stereocenters. The molecule has 0 fully saturated rings. The Morgan fingerprint density at radius 3 is 2.65 bits per heavy atom. The molecule has 0 heterocycles. The predicted octanol–water partition coefficient (Wildman–Crippen LogP) is 2.61. The molecule has 0 atom stereocenters. The van der Waals surface area contributed by atoms with Crippen molar-refractivity contribution in [3.63, 3.8) is 0 Å². The minimum Gasteiger partial charge on any atom is -0.491 e. The smallest absolute Gasteiger partial charge is 0.164 e. The number of ketones is 1. The van der Waals surface area contributed by atoms with Gasteiger partial charge in [-0.1, -0.05) is 12.1 Å². The van der Waals surface area contributed by atoms with E-state index in [0.29, 0.717) is 6.42 Å². The average molecular weight is 235 g/mol. The van der Waals surface area contributed by atoms with Crippen molar-refractivity contribution in [2.24, 2.45) is 0 Å². The van der Waals surface area contributed by atoms with E-state index in [2.05, 4.69) is 0 Å². The van der Waals surface area contributed by atoms with Gasteiger partial charge in [0.05, 0.1) is 6.10 Å². The summed E-state index contributed by atoms with van der Waals surface area (Å²) in [4.78, 5) is 13.9. The highest BCUT2D eigenvalue weighted by molar-refractivity contribution is 5.96. The maximum absolute atomic E-state index is 11.9. The summed E-state index contributed by atoms with van der Waals surface area (Å²) in [6, 6.07) is 7.40. The van der Waals surface area contributed by atoms with E-state index in [0.717, 1.165) is 17.9 Å². The molecule has 0 N–H and O–H groups in total.